The number of hydrogen-bond donors (Lipinski definition) is 2. The maximum atomic E-state index is 10.6. The molecule has 1 saturated carbocycles. The van der Waals surface area contributed by atoms with Gasteiger partial charge >= 0.3 is 0 Å². The van der Waals surface area contributed by atoms with Gasteiger partial charge in [0.25, 0.3) is 5.69 Å². The highest BCUT2D eigenvalue weighted by Gasteiger charge is 2.52. The number of nitrogens with one attached hydrogen (secondary N) is 2. The zero-order valence-corrected chi connectivity index (χ0v) is 10.6. The molecule has 2 N–H and O–H groups in total. The molecule has 0 aromatic heterocycles. The van der Waals surface area contributed by atoms with E-state index < -0.39 is 0 Å². The van der Waals surface area contributed by atoms with Gasteiger partial charge in [-0.2, -0.15) is 0 Å². The maximum absolute atomic E-state index is 10.6. The third-order valence-electron chi connectivity index (χ3n) is 3.58. The second-order valence-electron chi connectivity index (χ2n) is 4.58. The van der Waals surface area contributed by atoms with Crippen LogP contribution in [0.5, 0.6) is 0 Å². The molecule has 1 aliphatic heterocycles. The topological polar surface area (TPSA) is 67.2 Å². The lowest BCUT2D eigenvalue weighted by Gasteiger charge is -2.10. The minimum Gasteiger partial charge on any atom is -0.381 e. The predicted octanol–water partition coefficient (Wildman–Crippen LogP) is 1.99. The van der Waals surface area contributed by atoms with Crippen molar-refractivity contribution in [2.45, 2.75) is 6.04 Å². The highest BCUT2D eigenvalue weighted by atomic mass is 79.9. The number of hydrogen-bond acceptors (Lipinski definition) is 4. The molecule has 1 aromatic rings. The smallest absolute Gasteiger partial charge is 0.270 e. The van der Waals surface area contributed by atoms with Gasteiger partial charge in [-0.15, -0.1) is 0 Å². The van der Waals surface area contributed by atoms with Crippen LogP contribution in [0.2, 0.25) is 0 Å². The Morgan fingerprint density at radius 2 is 2.12 bits per heavy atom. The first-order chi connectivity index (χ1) is 8.16. The van der Waals surface area contributed by atoms with Crippen LogP contribution in [0.25, 0.3) is 0 Å². The highest BCUT2D eigenvalue weighted by Crippen LogP contribution is 2.44. The second-order valence-corrected chi connectivity index (χ2v) is 5.43. The average Bonchev–Trinajstić information content (AvgIpc) is 2.74. The number of nitro groups is 1. The predicted molar refractivity (Wildman–Crippen MR) is 68.1 cm³/mol. The van der Waals surface area contributed by atoms with Crippen LogP contribution in [0.1, 0.15) is 0 Å². The number of fused-ring (bicyclic) bond motifs is 1. The van der Waals surface area contributed by atoms with Crippen LogP contribution >= 0.6 is 15.9 Å². The molecule has 0 amide bonds. The largest absolute Gasteiger partial charge is 0.381 e. The lowest BCUT2D eigenvalue weighted by molar-refractivity contribution is -0.384. The molecule has 1 saturated heterocycles. The maximum Gasteiger partial charge on any atom is 0.270 e. The van der Waals surface area contributed by atoms with Crippen LogP contribution in [0, 0.1) is 22.0 Å². The SMILES string of the molecule is O=[N+]([O-])c1ccc(NC2C3CNCC32)c(Br)c1. The first-order valence-electron chi connectivity index (χ1n) is 5.58. The molecule has 0 radical (unpaired) electrons. The first-order valence-corrected chi connectivity index (χ1v) is 6.37. The molecule has 1 aliphatic carbocycles. The molecule has 2 unspecified atom stereocenters. The van der Waals surface area contributed by atoms with E-state index in [0.717, 1.165) is 35.1 Å². The Hall–Kier alpha value is -1.14. The Morgan fingerprint density at radius 1 is 1.41 bits per heavy atom. The van der Waals surface area contributed by atoms with Crippen LogP contribution in [0.15, 0.2) is 22.7 Å². The first kappa shape index (κ1) is 11.0. The van der Waals surface area contributed by atoms with Crippen LogP contribution in [-0.4, -0.2) is 24.1 Å². The summed E-state index contributed by atoms with van der Waals surface area (Å²) in [6.45, 7) is 2.15. The average molecular weight is 298 g/mol. The lowest BCUT2D eigenvalue weighted by Crippen LogP contribution is -2.21. The van der Waals surface area contributed by atoms with E-state index in [1.54, 1.807) is 12.1 Å². The number of nitro benzene ring substituents is 1. The van der Waals surface area contributed by atoms with Crippen molar-refractivity contribution in [2.75, 3.05) is 18.4 Å². The number of rotatable bonds is 3. The molecule has 1 heterocycles. The minimum atomic E-state index is -0.385. The van der Waals surface area contributed by atoms with E-state index in [1.807, 2.05) is 0 Å². The van der Waals surface area contributed by atoms with Gasteiger partial charge in [0.05, 0.1) is 4.92 Å². The van der Waals surface area contributed by atoms with Gasteiger partial charge in [0, 0.05) is 41.4 Å². The molecule has 1 aromatic carbocycles. The molecular formula is C11H12BrN3O2. The van der Waals surface area contributed by atoms with Gasteiger partial charge in [-0.05, 0) is 33.8 Å². The summed E-state index contributed by atoms with van der Waals surface area (Å²) in [6.07, 6.45) is 0. The molecule has 17 heavy (non-hydrogen) atoms. The third kappa shape index (κ3) is 1.91. The number of benzene rings is 1. The van der Waals surface area contributed by atoms with Crippen LogP contribution < -0.4 is 10.6 Å². The fourth-order valence-corrected chi connectivity index (χ4v) is 3.03. The molecule has 90 valence electrons. The molecule has 2 aliphatic rings. The van der Waals surface area contributed by atoms with Gasteiger partial charge in [-0.3, -0.25) is 10.1 Å². The molecule has 2 fully saturated rings. The lowest BCUT2D eigenvalue weighted by atomic mass is 10.2. The van der Waals surface area contributed by atoms with E-state index in [4.69, 9.17) is 0 Å². The van der Waals surface area contributed by atoms with Crippen molar-refractivity contribution >= 4 is 27.3 Å². The summed E-state index contributed by atoms with van der Waals surface area (Å²) < 4.78 is 0.754. The fourth-order valence-electron chi connectivity index (χ4n) is 2.55. The Labute approximate surface area is 107 Å². The summed E-state index contributed by atoms with van der Waals surface area (Å²) >= 11 is 3.37. The summed E-state index contributed by atoms with van der Waals surface area (Å²) in [5.74, 6) is 1.44. The molecule has 5 nitrogen and oxygen atoms in total. The molecule has 0 bridgehead atoms. The molecular weight excluding hydrogens is 286 g/mol. The van der Waals surface area contributed by atoms with Crippen LogP contribution in [0.4, 0.5) is 11.4 Å². The molecule has 0 spiro atoms. The summed E-state index contributed by atoms with van der Waals surface area (Å²) in [7, 11) is 0. The van der Waals surface area contributed by atoms with Crippen molar-refractivity contribution < 1.29 is 4.92 Å². The van der Waals surface area contributed by atoms with Crippen molar-refractivity contribution in [1.82, 2.24) is 5.32 Å². The third-order valence-corrected chi connectivity index (χ3v) is 4.23. The normalized spacial score (nSPS) is 29.8. The minimum absolute atomic E-state index is 0.111. The van der Waals surface area contributed by atoms with Crippen LogP contribution in [-0.2, 0) is 0 Å². The van der Waals surface area contributed by atoms with E-state index in [9.17, 15) is 10.1 Å². The van der Waals surface area contributed by atoms with Gasteiger partial charge in [0.2, 0.25) is 0 Å². The van der Waals surface area contributed by atoms with Gasteiger partial charge in [0.15, 0.2) is 0 Å². The summed E-state index contributed by atoms with van der Waals surface area (Å²) in [5, 5.41) is 17.4. The van der Waals surface area contributed by atoms with Crippen molar-refractivity contribution in [1.29, 1.82) is 0 Å². The molecule has 3 rings (SSSR count). The Morgan fingerprint density at radius 3 is 2.71 bits per heavy atom. The van der Waals surface area contributed by atoms with Gasteiger partial charge in [-0.25, -0.2) is 0 Å². The van der Waals surface area contributed by atoms with Crippen molar-refractivity contribution in [3.63, 3.8) is 0 Å². The number of piperidine rings is 1. The number of nitrogens with zero attached hydrogens (tertiary/aromatic N) is 1. The summed E-state index contributed by atoms with van der Waals surface area (Å²) in [6, 6.07) is 5.36. The summed E-state index contributed by atoms with van der Waals surface area (Å²) in [4.78, 5) is 10.2. The Balaban J connectivity index is 1.73. The second kappa shape index (κ2) is 3.96. The van der Waals surface area contributed by atoms with E-state index in [-0.39, 0.29) is 10.6 Å². The Kier molecular flexibility index (Phi) is 2.56. The summed E-state index contributed by atoms with van der Waals surface area (Å²) in [5.41, 5.74) is 1.05. The highest BCUT2D eigenvalue weighted by molar-refractivity contribution is 9.10. The zero-order valence-electron chi connectivity index (χ0n) is 9.02. The quantitative estimate of drug-likeness (QED) is 0.661. The van der Waals surface area contributed by atoms with Crippen molar-refractivity contribution in [3.8, 4) is 0 Å². The monoisotopic (exact) mass is 297 g/mol. The van der Waals surface area contributed by atoms with Gasteiger partial charge in [-0.1, -0.05) is 0 Å². The van der Waals surface area contributed by atoms with Gasteiger partial charge in [0.1, 0.15) is 0 Å². The molecule has 6 heteroatoms. The standard InChI is InChI=1S/C11H12BrN3O2/c12-9-3-6(15(16)17)1-2-10(9)14-11-7-4-13-5-8(7)11/h1-3,7-8,11,13-14H,4-5H2. The zero-order chi connectivity index (χ0) is 12.0. The van der Waals surface area contributed by atoms with E-state index in [1.165, 1.54) is 6.07 Å². The van der Waals surface area contributed by atoms with Gasteiger partial charge < -0.3 is 10.6 Å². The number of anilines is 1. The number of non-ortho nitro benzene ring substituents is 1. The van der Waals surface area contributed by atoms with E-state index >= 15 is 0 Å². The number of halogens is 1. The fraction of sp³-hybridized carbons (Fsp3) is 0.455. The Bertz CT molecular complexity index is 470. The van der Waals surface area contributed by atoms with Crippen LogP contribution in [0.3, 0.4) is 0 Å². The van der Waals surface area contributed by atoms with Crippen molar-refractivity contribution in [3.05, 3.63) is 32.8 Å². The molecule has 2 atom stereocenters. The van der Waals surface area contributed by atoms with Crippen molar-refractivity contribution in [2.24, 2.45) is 11.8 Å². The van der Waals surface area contributed by atoms with E-state index in [0.29, 0.717) is 6.04 Å². The van der Waals surface area contributed by atoms with E-state index in [2.05, 4.69) is 26.6 Å².